The predicted molar refractivity (Wildman–Crippen MR) is 82.9 cm³/mol. The summed E-state index contributed by atoms with van der Waals surface area (Å²) in [4.78, 5) is 4.53. The average Bonchev–Trinajstić information content (AvgIpc) is 2.78. The number of hydrogen-bond acceptors (Lipinski definition) is 3. The molecule has 0 radical (unpaired) electrons. The number of hydrogen-bond donors (Lipinski definition) is 1. The van der Waals surface area contributed by atoms with Gasteiger partial charge in [-0.3, -0.25) is 0 Å². The maximum atomic E-state index is 13.2. The molecule has 4 heteroatoms. The first-order valence-corrected chi connectivity index (χ1v) is 7.86. The molecular weight excluding hydrogens is 271 g/mol. The Balaban J connectivity index is 2.08. The van der Waals surface area contributed by atoms with E-state index in [0.29, 0.717) is 6.04 Å². The van der Waals surface area contributed by atoms with Crippen LogP contribution in [0, 0.1) is 19.7 Å². The van der Waals surface area contributed by atoms with E-state index in [1.807, 2.05) is 19.9 Å². The van der Waals surface area contributed by atoms with Gasteiger partial charge in [0.1, 0.15) is 5.82 Å². The van der Waals surface area contributed by atoms with Crippen molar-refractivity contribution in [3.63, 3.8) is 0 Å². The lowest BCUT2D eigenvalue weighted by Gasteiger charge is -2.18. The number of likely N-dealkylation sites (N-methyl/N-ethyl adjacent to an activating group) is 1. The molecule has 20 heavy (non-hydrogen) atoms. The van der Waals surface area contributed by atoms with Crippen molar-refractivity contribution in [3.8, 4) is 0 Å². The molecule has 1 heterocycles. The van der Waals surface area contributed by atoms with Gasteiger partial charge in [-0.25, -0.2) is 9.37 Å². The third-order valence-electron chi connectivity index (χ3n) is 3.39. The molecule has 1 unspecified atom stereocenters. The molecule has 1 aromatic heterocycles. The highest BCUT2D eigenvalue weighted by Gasteiger charge is 2.13. The highest BCUT2D eigenvalue weighted by Crippen LogP contribution is 2.16. The zero-order chi connectivity index (χ0) is 14.5. The first-order chi connectivity index (χ1) is 9.58. The molecule has 2 nitrogen and oxygen atoms in total. The van der Waals surface area contributed by atoms with Crippen molar-refractivity contribution < 1.29 is 4.39 Å². The second-order valence-corrected chi connectivity index (χ2v) is 6.15. The van der Waals surface area contributed by atoms with Crippen LogP contribution >= 0.6 is 11.3 Å². The maximum Gasteiger partial charge on any atom is 0.123 e. The fraction of sp³-hybridized carbons (Fsp3) is 0.438. The molecule has 2 aromatic rings. The Hall–Kier alpha value is -1.26. The molecule has 0 aliphatic rings. The molecule has 0 amide bonds. The Morgan fingerprint density at radius 2 is 2.10 bits per heavy atom. The van der Waals surface area contributed by atoms with Crippen molar-refractivity contribution in [1.82, 2.24) is 10.3 Å². The maximum absolute atomic E-state index is 13.2. The van der Waals surface area contributed by atoms with Crippen LogP contribution in [-0.4, -0.2) is 17.6 Å². The van der Waals surface area contributed by atoms with Gasteiger partial charge in [-0.1, -0.05) is 13.0 Å². The summed E-state index contributed by atoms with van der Waals surface area (Å²) in [5, 5.41) is 6.73. The van der Waals surface area contributed by atoms with Crippen LogP contribution in [0.4, 0.5) is 4.39 Å². The van der Waals surface area contributed by atoms with E-state index in [0.717, 1.165) is 35.7 Å². The van der Waals surface area contributed by atoms with Gasteiger partial charge >= 0.3 is 0 Å². The fourth-order valence-corrected chi connectivity index (χ4v) is 3.04. The minimum atomic E-state index is -0.165. The Kier molecular flexibility index (Phi) is 5.26. The van der Waals surface area contributed by atoms with E-state index >= 15 is 0 Å². The monoisotopic (exact) mass is 292 g/mol. The summed E-state index contributed by atoms with van der Waals surface area (Å²) in [6, 6.07) is 5.37. The highest BCUT2D eigenvalue weighted by molar-refractivity contribution is 7.09. The number of rotatable bonds is 6. The SMILES string of the molecule is CCNC(Cc1csc(C)n1)Cc1ccc(F)cc1C. The lowest BCUT2D eigenvalue weighted by atomic mass is 9.98. The summed E-state index contributed by atoms with van der Waals surface area (Å²) in [6.07, 6.45) is 1.81. The van der Waals surface area contributed by atoms with Crippen molar-refractivity contribution in [1.29, 1.82) is 0 Å². The van der Waals surface area contributed by atoms with Crippen molar-refractivity contribution >= 4 is 11.3 Å². The Labute approximate surface area is 124 Å². The fourth-order valence-electron chi connectivity index (χ4n) is 2.41. The van der Waals surface area contributed by atoms with Gasteiger partial charge < -0.3 is 5.32 Å². The van der Waals surface area contributed by atoms with Crippen LogP contribution in [0.3, 0.4) is 0 Å². The number of nitrogens with one attached hydrogen (secondary N) is 1. The summed E-state index contributed by atoms with van der Waals surface area (Å²) in [7, 11) is 0. The molecule has 2 rings (SSSR count). The first-order valence-electron chi connectivity index (χ1n) is 6.98. The summed E-state index contributed by atoms with van der Waals surface area (Å²) < 4.78 is 13.2. The first kappa shape index (κ1) is 15.1. The molecule has 0 fully saturated rings. The van der Waals surface area contributed by atoms with Crippen LogP contribution in [0.2, 0.25) is 0 Å². The molecule has 0 bridgehead atoms. The molecule has 1 N–H and O–H groups in total. The molecule has 0 saturated carbocycles. The Morgan fingerprint density at radius 1 is 1.30 bits per heavy atom. The molecule has 0 saturated heterocycles. The molecule has 0 aliphatic heterocycles. The number of thiazole rings is 1. The zero-order valence-electron chi connectivity index (χ0n) is 12.2. The predicted octanol–water partition coefficient (Wildman–Crippen LogP) is 3.66. The topological polar surface area (TPSA) is 24.9 Å². The van der Waals surface area contributed by atoms with E-state index in [-0.39, 0.29) is 5.82 Å². The van der Waals surface area contributed by atoms with E-state index in [2.05, 4.69) is 22.6 Å². The zero-order valence-corrected chi connectivity index (χ0v) is 13.1. The van der Waals surface area contributed by atoms with E-state index in [1.165, 1.54) is 5.56 Å². The number of aryl methyl sites for hydroxylation is 2. The number of nitrogens with zero attached hydrogens (tertiary/aromatic N) is 1. The van der Waals surface area contributed by atoms with Crippen LogP contribution < -0.4 is 5.32 Å². The van der Waals surface area contributed by atoms with E-state index in [9.17, 15) is 4.39 Å². The summed E-state index contributed by atoms with van der Waals surface area (Å²) in [5.41, 5.74) is 3.35. The minimum absolute atomic E-state index is 0.165. The smallest absolute Gasteiger partial charge is 0.123 e. The van der Waals surface area contributed by atoms with Crippen LogP contribution in [0.25, 0.3) is 0 Å². The number of halogens is 1. The standard InChI is InChI=1S/C16H21FN2S/c1-4-18-15(9-16-10-20-12(3)19-16)8-13-5-6-14(17)7-11(13)2/h5-7,10,15,18H,4,8-9H2,1-3H3. The summed E-state index contributed by atoms with van der Waals surface area (Å²) in [5.74, 6) is -0.165. The molecule has 0 aliphatic carbocycles. The highest BCUT2D eigenvalue weighted by atomic mass is 32.1. The lowest BCUT2D eigenvalue weighted by Crippen LogP contribution is -2.33. The van der Waals surface area contributed by atoms with E-state index in [4.69, 9.17) is 0 Å². The Bertz CT molecular complexity index is 565. The summed E-state index contributed by atoms with van der Waals surface area (Å²) >= 11 is 1.69. The molecule has 0 spiro atoms. The average molecular weight is 292 g/mol. The largest absolute Gasteiger partial charge is 0.314 e. The van der Waals surface area contributed by atoms with Crippen LogP contribution in [0.5, 0.6) is 0 Å². The molecule has 1 atom stereocenters. The Morgan fingerprint density at radius 3 is 2.70 bits per heavy atom. The van der Waals surface area contributed by atoms with Crippen LogP contribution in [-0.2, 0) is 12.8 Å². The third kappa shape index (κ3) is 4.12. The second-order valence-electron chi connectivity index (χ2n) is 5.09. The normalized spacial score (nSPS) is 12.6. The van der Waals surface area contributed by atoms with E-state index < -0.39 is 0 Å². The van der Waals surface area contributed by atoms with Crippen molar-refractivity contribution in [2.75, 3.05) is 6.54 Å². The van der Waals surface area contributed by atoms with Gasteiger partial charge in [-0.05, 0) is 50.1 Å². The number of aromatic nitrogens is 1. The summed E-state index contributed by atoms with van der Waals surface area (Å²) in [6.45, 7) is 7.03. The van der Waals surface area contributed by atoms with E-state index in [1.54, 1.807) is 23.5 Å². The van der Waals surface area contributed by atoms with Gasteiger partial charge in [0.2, 0.25) is 0 Å². The quantitative estimate of drug-likeness (QED) is 0.879. The van der Waals surface area contributed by atoms with Crippen molar-refractivity contribution in [2.24, 2.45) is 0 Å². The molecule has 1 aromatic carbocycles. The minimum Gasteiger partial charge on any atom is -0.314 e. The second kappa shape index (κ2) is 6.95. The number of benzene rings is 1. The van der Waals surface area contributed by atoms with Crippen LogP contribution in [0.15, 0.2) is 23.6 Å². The van der Waals surface area contributed by atoms with Gasteiger partial charge in [0.25, 0.3) is 0 Å². The van der Waals surface area contributed by atoms with Gasteiger partial charge in [-0.15, -0.1) is 11.3 Å². The molecular formula is C16H21FN2S. The van der Waals surface area contributed by atoms with Gasteiger partial charge in [0.15, 0.2) is 0 Å². The molecule has 108 valence electrons. The lowest BCUT2D eigenvalue weighted by molar-refractivity contribution is 0.515. The van der Waals surface area contributed by atoms with Gasteiger partial charge in [0.05, 0.1) is 10.7 Å². The van der Waals surface area contributed by atoms with Crippen LogP contribution in [0.1, 0.15) is 28.8 Å². The van der Waals surface area contributed by atoms with Crippen molar-refractivity contribution in [2.45, 2.75) is 39.7 Å². The third-order valence-corrected chi connectivity index (χ3v) is 4.21. The van der Waals surface area contributed by atoms with Crippen molar-refractivity contribution in [3.05, 3.63) is 51.2 Å². The van der Waals surface area contributed by atoms with Gasteiger partial charge in [-0.2, -0.15) is 0 Å². The van der Waals surface area contributed by atoms with Gasteiger partial charge in [0, 0.05) is 17.8 Å².